The second kappa shape index (κ2) is 5.60. The van der Waals surface area contributed by atoms with E-state index in [1.807, 2.05) is 17.8 Å². The van der Waals surface area contributed by atoms with Crippen molar-refractivity contribution in [2.75, 3.05) is 0 Å². The van der Waals surface area contributed by atoms with E-state index in [1.165, 1.54) is 6.07 Å². The van der Waals surface area contributed by atoms with Crippen molar-refractivity contribution in [3.8, 4) is 0 Å². The van der Waals surface area contributed by atoms with Crippen molar-refractivity contribution < 1.29 is 4.39 Å². The number of hydrogen-bond acceptors (Lipinski definition) is 3. The third-order valence-corrected chi connectivity index (χ3v) is 3.30. The zero-order valence-electron chi connectivity index (χ0n) is 9.90. The standard InChI is InChI=1S/C12H14BrFN4/c1-18-5-4-16-12(18)11(17-15)7-8-6-9(13)2-3-10(8)14/h2-6,11,17H,7,15H2,1H3. The average molecular weight is 313 g/mol. The molecule has 0 fully saturated rings. The van der Waals surface area contributed by atoms with Crippen LogP contribution in [-0.2, 0) is 13.5 Å². The maximum absolute atomic E-state index is 13.7. The van der Waals surface area contributed by atoms with Crippen LogP contribution in [0.3, 0.4) is 0 Å². The van der Waals surface area contributed by atoms with E-state index in [4.69, 9.17) is 5.84 Å². The van der Waals surface area contributed by atoms with E-state index < -0.39 is 0 Å². The number of aromatic nitrogens is 2. The monoisotopic (exact) mass is 312 g/mol. The number of rotatable bonds is 4. The molecule has 2 rings (SSSR count). The van der Waals surface area contributed by atoms with Crippen LogP contribution in [0.1, 0.15) is 17.4 Å². The summed E-state index contributed by atoms with van der Waals surface area (Å²) in [5, 5.41) is 0. The van der Waals surface area contributed by atoms with Crippen LogP contribution >= 0.6 is 15.9 Å². The quantitative estimate of drug-likeness (QED) is 0.671. The second-order valence-corrected chi connectivity index (χ2v) is 4.97. The Bertz CT molecular complexity index is 541. The molecular weight excluding hydrogens is 299 g/mol. The van der Waals surface area contributed by atoms with Gasteiger partial charge in [0.2, 0.25) is 0 Å². The third kappa shape index (κ3) is 2.77. The number of hydrazine groups is 1. The van der Waals surface area contributed by atoms with Gasteiger partial charge in [0.05, 0.1) is 6.04 Å². The molecule has 0 spiro atoms. The molecule has 1 aromatic heterocycles. The van der Waals surface area contributed by atoms with Gasteiger partial charge < -0.3 is 4.57 Å². The lowest BCUT2D eigenvalue weighted by molar-refractivity contribution is 0.493. The summed E-state index contributed by atoms with van der Waals surface area (Å²) in [6.07, 6.45) is 3.96. The van der Waals surface area contributed by atoms with Crippen molar-refractivity contribution in [1.82, 2.24) is 15.0 Å². The molecule has 1 unspecified atom stereocenters. The number of halogens is 2. The maximum atomic E-state index is 13.7. The first-order chi connectivity index (χ1) is 8.61. The minimum Gasteiger partial charge on any atom is -0.337 e. The third-order valence-electron chi connectivity index (χ3n) is 2.80. The van der Waals surface area contributed by atoms with Crippen molar-refractivity contribution in [2.24, 2.45) is 12.9 Å². The molecule has 0 aliphatic heterocycles. The van der Waals surface area contributed by atoms with E-state index in [9.17, 15) is 4.39 Å². The number of hydrogen-bond donors (Lipinski definition) is 2. The van der Waals surface area contributed by atoms with Crippen molar-refractivity contribution in [3.63, 3.8) is 0 Å². The van der Waals surface area contributed by atoms with Gasteiger partial charge in [0.25, 0.3) is 0 Å². The number of imidazole rings is 1. The van der Waals surface area contributed by atoms with Crippen LogP contribution in [0.2, 0.25) is 0 Å². The van der Waals surface area contributed by atoms with E-state index >= 15 is 0 Å². The van der Waals surface area contributed by atoms with Crippen LogP contribution in [0.4, 0.5) is 4.39 Å². The lowest BCUT2D eigenvalue weighted by Crippen LogP contribution is -2.31. The Morgan fingerprint density at radius 3 is 2.94 bits per heavy atom. The van der Waals surface area contributed by atoms with E-state index in [0.29, 0.717) is 12.0 Å². The molecule has 18 heavy (non-hydrogen) atoms. The summed E-state index contributed by atoms with van der Waals surface area (Å²) in [5.74, 6) is 6.06. The Morgan fingerprint density at radius 1 is 1.56 bits per heavy atom. The minimum absolute atomic E-state index is 0.228. The SMILES string of the molecule is Cn1ccnc1C(Cc1cc(Br)ccc1F)NN. The first-order valence-corrected chi connectivity index (χ1v) is 6.28. The van der Waals surface area contributed by atoms with E-state index in [1.54, 1.807) is 18.3 Å². The van der Waals surface area contributed by atoms with Crippen LogP contribution in [0.5, 0.6) is 0 Å². The summed E-state index contributed by atoms with van der Waals surface area (Å²) in [5.41, 5.74) is 3.27. The van der Waals surface area contributed by atoms with Crippen molar-refractivity contribution in [1.29, 1.82) is 0 Å². The van der Waals surface area contributed by atoms with Gasteiger partial charge in [-0.15, -0.1) is 0 Å². The molecule has 1 atom stereocenters. The zero-order chi connectivity index (χ0) is 13.1. The van der Waals surface area contributed by atoms with Crippen LogP contribution in [0, 0.1) is 5.82 Å². The lowest BCUT2D eigenvalue weighted by atomic mass is 10.1. The van der Waals surface area contributed by atoms with Gasteiger partial charge >= 0.3 is 0 Å². The van der Waals surface area contributed by atoms with Gasteiger partial charge in [-0.3, -0.25) is 5.84 Å². The van der Waals surface area contributed by atoms with Crippen LogP contribution < -0.4 is 11.3 Å². The predicted octanol–water partition coefficient (Wildman–Crippen LogP) is 2.07. The molecule has 0 saturated heterocycles. The fourth-order valence-corrected chi connectivity index (χ4v) is 2.27. The van der Waals surface area contributed by atoms with Crippen molar-refractivity contribution in [2.45, 2.75) is 12.5 Å². The Labute approximate surface area is 113 Å². The maximum Gasteiger partial charge on any atom is 0.127 e. The molecule has 1 aromatic carbocycles. The van der Waals surface area contributed by atoms with Crippen molar-refractivity contribution >= 4 is 15.9 Å². The largest absolute Gasteiger partial charge is 0.337 e. The Balaban J connectivity index is 2.26. The smallest absolute Gasteiger partial charge is 0.127 e. The summed E-state index contributed by atoms with van der Waals surface area (Å²) in [7, 11) is 1.88. The van der Waals surface area contributed by atoms with Gasteiger partial charge in [-0.1, -0.05) is 15.9 Å². The van der Waals surface area contributed by atoms with Crippen LogP contribution in [0.25, 0.3) is 0 Å². The Hall–Kier alpha value is -1.24. The summed E-state index contributed by atoms with van der Waals surface area (Å²) in [6, 6.07) is 4.63. The first-order valence-electron chi connectivity index (χ1n) is 5.49. The molecule has 0 aliphatic rings. The molecule has 0 bridgehead atoms. The number of nitrogens with zero attached hydrogens (tertiary/aromatic N) is 2. The normalized spacial score (nSPS) is 12.7. The number of nitrogens with one attached hydrogen (secondary N) is 1. The van der Waals surface area contributed by atoms with Gasteiger partial charge in [-0.25, -0.2) is 14.8 Å². The molecule has 0 saturated carbocycles. The van der Waals surface area contributed by atoms with E-state index in [0.717, 1.165) is 10.3 Å². The topological polar surface area (TPSA) is 55.9 Å². The highest BCUT2D eigenvalue weighted by molar-refractivity contribution is 9.10. The highest BCUT2D eigenvalue weighted by atomic mass is 79.9. The van der Waals surface area contributed by atoms with Crippen LogP contribution in [-0.4, -0.2) is 9.55 Å². The number of nitrogens with two attached hydrogens (primary N) is 1. The molecule has 4 nitrogen and oxygen atoms in total. The molecule has 1 heterocycles. The molecule has 0 aliphatic carbocycles. The van der Waals surface area contributed by atoms with Gasteiger partial charge in [0, 0.05) is 23.9 Å². The molecule has 0 radical (unpaired) electrons. The zero-order valence-corrected chi connectivity index (χ0v) is 11.5. The van der Waals surface area contributed by atoms with Gasteiger partial charge in [-0.2, -0.15) is 0 Å². The lowest BCUT2D eigenvalue weighted by Gasteiger charge is -2.16. The fraction of sp³-hybridized carbons (Fsp3) is 0.250. The molecule has 6 heteroatoms. The van der Waals surface area contributed by atoms with Gasteiger partial charge in [-0.05, 0) is 30.2 Å². The average Bonchev–Trinajstić information content (AvgIpc) is 2.77. The summed E-state index contributed by atoms with van der Waals surface area (Å²) in [6.45, 7) is 0. The van der Waals surface area contributed by atoms with Gasteiger partial charge in [0.1, 0.15) is 11.6 Å². The summed E-state index contributed by atoms with van der Waals surface area (Å²) >= 11 is 3.33. The van der Waals surface area contributed by atoms with E-state index in [2.05, 4.69) is 26.3 Å². The van der Waals surface area contributed by atoms with Crippen LogP contribution in [0.15, 0.2) is 35.1 Å². The molecular formula is C12H14BrFN4. The summed E-state index contributed by atoms with van der Waals surface area (Å²) in [4.78, 5) is 4.22. The molecule has 96 valence electrons. The molecule has 2 aromatic rings. The second-order valence-electron chi connectivity index (χ2n) is 4.06. The Kier molecular flexibility index (Phi) is 4.11. The van der Waals surface area contributed by atoms with Gasteiger partial charge in [0.15, 0.2) is 0 Å². The predicted molar refractivity (Wildman–Crippen MR) is 71.1 cm³/mol. The highest BCUT2D eigenvalue weighted by Crippen LogP contribution is 2.21. The van der Waals surface area contributed by atoms with Crippen molar-refractivity contribution in [3.05, 3.63) is 52.3 Å². The number of aryl methyl sites for hydroxylation is 1. The molecule has 0 amide bonds. The number of benzene rings is 1. The first kappa shape index (κ1) is 13.2. The summed E-state index contributed by atoms with van der Waals surface area (Å²) < 4.78 is 16.4. The minimum atomic E-state index is -0.243. The fourth-order valence-electron chi connectivity index (χ4n) is 1.86. The molecule has 3 N–H and O–H groups in total. The highest BCUT2D eigenvalue weighted by Gasteiger charge is 2.17. The van der Waals surface area contributed by atoms with E-state index in [-0.39, 0.29) is 11.9 Å². The Morgan fingerprint density at radius 2 is 2.33 bits per heavy atom.